The zero-order valence-electron chi connectivity index (χ0n) is 31.5. The quantitative estimate of drug-likeness (QED) is 0.128. The summed E-state index contributed by atoms with van der Waals surface area (Å²) < 4.78 is 37.9. The number of furan rings is 1. The molecule has 0 atom stereocenters. The van der Waals surface area contributed by atoms with Gasteiger partial charge >= 0.3 is 117 Å². The Morgan fingerprint density at radius 3 is 2.21 bits per heavy atom. The molecule has 3 nitrogen and oxygen atoms in total. The average molecular weight is 858 g/mol. The van der Waals surface area contributed by atoms with Crippen molar-refractivity contribution < 1.29 is 30.0 Å². The molecule has 0 bridgehead atoms. The third kappa shape index (κ3) is 7.84. The van der Waals surface area contributed by atoms with E-state index in [1.807, 2.05) is 56.4 Å². The molecule has 239 valence electrons. The van der Waals surface area contributed by atoms with Crippen molar-refractivity contribution in [3.05, 3.63) is 138 Å². The van der Waals surface area contributed by atoms with Crippen LogP contribution in [0.5, 0.6) is 0 Å². The van der Waals surface area contributed by atoms with Gasteiger partial charge in [-0.1, -0.05) is 73.3 Å². The molecular weight excluding hydrogens is 813 g/mol. The van der Waals surface area contributed by atoms with Crippen molar-refractivity contribution >= 4 is 39.6 Å². The second-order valence-electron chi connectivity index (χ2n) is 12.9. The van der Waals surface area contributed by atoms with Crippen LogP contribution in [0, 0.1) is 25.9 Å². The molecule has 0 aliphatic heterocycles. The molecule has 0 N–H and O–H groups in total. The van der Waals surface area contributed by atoms with Gasteiger partial charge < -0.3 is 9.40 Å². The molecular formula is C42H40GeIrN2O-2. The molecule has 0 unspecified atom stereocenters. The average Bonchev–Trinajstić information content (AvgIpc) is 3.45. The third-order valence-corrected chi connectivity index (χ3v) is 12.6. The van der Waals surface area contributed by atoms with Gasteiger partial charge in [0.25, 0.3) is 0 Å². The van der Waals surface area contributed by atoms with Crippen LogP contribution in [0.1, 0.15) is 41.9 Å². The minimum atomic E-state index is -2.08. The van der Waals surface area contributed by atoms with E-state index in [4.69, 9.17) is 9.90 Å². The van der Waals surface area contributed by atoms with Crippen LogP contribution >= 0.6 is 0 Å². The number of pyridine rings is 2. The van der Waals surface area contributed by atoms with Crippen LogP contribution in [0.15, 0.2) is 114 Å². The Hall–Kier alpha value is -3.83. The van der Waals surface area contributed by atoms with E-state index in [0.29, 0.717) is 5.56 Å². The van der Waals surface area contributed by atoms with Crippen LogP contribution in [-0.4, -0.2) is 23.2 Å². The predicted molar refractivity (Wildman–Crippen MR) is 196 cm³/mol. The Morgan fingerprint density at radius 1 is 0.766 bits per heavy atom. The monoisotopic (exact) mass is 859 g/mol. The van der Waals surface area contributed by atoms with Crippen LogP contribution in [0.3, 0.4) is 0 Å². The van der Waals surface area contributed by atoms with Crippen molar-refractivity contribution in [2.75, 3.05) is 0 Å². The van der Waals surface area contributed by atoms with Crippen LogP contribution in [0.25, 0.3) is 55.6 Å². The largest absolute Gasteiger partial charge is 0 e. The number of fused-ring (bicyclic) bond motifs is 3. The molecule has 7 rings (SSSR count). The van der Waals surface area contributed by atoms with E-state index in [1.165, 1.54) is 21.6 Å². The van der Waals surface area contributed by atoms with Gasteiger partial charge in [-0.15, -0.1) is 23.8 Å². The van der Waals surface area contributed by atoms with Crippen molar-refractivity contribution in [1.82, 2.24) is 9.97 Å². The number of hydrogen-bond donors (Lipinski definition) is 0. The number of rotatable bonds is 5. The van der Waals surface area contributed by atoms with Gasteiger partial charge in [-0.05, 0) is 34.8 Å². The van der Waals surface area contributed by atoms with Gasteiger partial charge in [0.2, 0.25) is 0 Å². The molecule has 1 radical (unpaired) electrons. The summed E-state index contributed by atoms with van der Waals surface area (Å²) >= 11 is -1.89. The molecule has 0 amide bonds. The SMILES string of the molecule is [2H]C(C)(C)c1ccnc(-c2[c-]cc3oc4cc(-c5ccccc5)ccc4c3c2)c1.[2H]C([2H])([2H])c1c[c-]c(-c2cc(C)[c]([Ge]([CH3])([CH3])[CH3])cn2)cc1.[Ir]. The van der Waals surface area contributed by atoms with E-state index >= 15 is 0 Å². The Balaban J connectivity index is 0.000000205. The molecule has 7 aromatic rings. The summed E-state index contributed by atoms with van der Waals surface area (Å²) in [4.78, 5) is 9.05. The minimum absolute atomic E-state index is 0. The van der Waals surface area contributed by atoms with Crippen LogP contribution in [-0.2, 0) is 20.1 Å². The molecule has 0 spiro atoms. The smallest absolute Gasteiger partial charge is 0 e. The standard InChI is InChI=1S/C26H20NO.C16H20GeN.Ir/c1-17(2)19-12-13-27-24(15-19)21-9-11-25-23(14-21)22-10-8-20(16-26(22)28-25)18-6-4-3-5-7-18;1-12-6-8-14(9-7-12)16-10-13(2)15(11-18-16)17(3,4)5;/h3-8,10-17H,1-2H3;6-8,10-11H,1-5H3;/q2*-1;/i17D;1D3;. The van der Waals surface area contributed by atoms with E-state index in [1.54, 1.807) is 18.3 Å². The van der Waals surface area contributed by atoms with Crippen molar-refractivity contribution in [2.24, 2.45) is 0 Å². The molecule has 3 heterocycles. The Morgan fingerprint density at radius 2 is 1.53 bits per heavy atom. The Kier molecular flexibility index (Phi) is 9.06. The second kappa shape index (κ2) is 14.5. The topological polar surface area (TPSA) is 38.9 Å². The van der Waals surface area contributed by atoms with Crippen molar-refractivity contribution in [2.45, 2.75) is 50.8 Å². The first-order valence-corrected chi connectivity index (χ1v) is 22.8. The summed E-state index contributed by atoms with van der Waals surface area (Å²) in [5.41, 5.74) is 9.88. The van der Waals surface area contributed by atoms with E-state index in [9.17, 15) is 0 Å². The maximum absolute atomic E-state index is 8.28. The summed E-state index contributed by atoms with van der Waals surface area (Å²) in [6, 6.07) is 37.8. The summed E-state index contributed by atoms with van der Waals surface area (Å²) in [7, 11) is 0. The fourth-order valence-electron chi connectivity index (χ4n) is 5.64. The zero-order valence-corrected chi connectivity index (χ0v) is 32.0. The van der Waals surface area contributed by atoms with Gasteiger partial charge in [0.05, 0.1) is 5.58 Å². The van der Waals surface area contributed by atoms with Gasteiger partial charge in [-0.25, -0.2) is 0 Å². The molecule has 47 heavy (non-hydrogen) atoms. The van der Waals surface area contributed by atoms with E-state index in [-0.39, 0.29) is 20.1 Å². The molecule has 5 heteroatoms. The number of nitrogens with zero attached hydrogens (tertiary/aromatic N) is 2. The zero-order chi connectivity index (χ0) is 35.8. The first-order chi connectivity index (χ1) is 23.6. The summed E-state index contributed by atoms with van der Waals surface area (Å²) in [5, 5.41) is 2.12. The molecule has 0 saturated heterocycles. The maximum atomic E-state index is 8.28. The molecule has 0 fully saturated rings. The van der Waals surface area contributed by atoms with E-state index in [0.717, 1.165) is 55.6 Å². The Bertz CT molecular complexity index is 2290. The van der Waals surface area contributed by atoms with Crippen molar-refractivity contribution in [3.63, 3.8) is 0 Å². The normalized spacial score (nSPS) is 13.1. The van der Waals surface area contributed by atoms with Gasteiger partial charge in [-0.3, -0.25) is 0 Å². The number of benzene rings is 4. The molecule has 0 aliphatic rings. The fraction of sp³-hybridized carbons (Fsp3) is 0.190. The molecule has 0 aliphatic carbocycles. The molecule has 4 aromatic carbocycles. The van der Waals surface area contributed by atoms with Gasteiger partial charge in [-0.2, -0.15) is 0 Å². The van der Waals surface area contributed by atoms with Crippen molar-refractivity contribution in [3.8, 4) is 33.6 Å². The van der Waals surface area contributed by atoms with Crippen LogP contribution in [0.4, 0.5) is 0 Å². The summed E-state index contributed by atoms with van der Waals surface area (Å²) in [6.07, 6.45) is 3.74. The van der Waals surface area contributed by atoms with Gasteiger partial charge in [0.1, 0.15) is 5.58 Å². The van der Waals surface area contributed by atoms with E-state index < -0.39 is 26.0 Å². The van der Waals surface area contributed by atoms with Crippen LogP contribution < -0.4 is 4.40 Å². The number of aryl methyl sites for hydroxylation is 2. The first-order valence-electron chi connectivity index (χ1n) is 17.5. The molecule has 0 saturated carbocycles. The fourth-order valence-corrected chi connectivity index (χ4v) is 9.22. The third-order valence-electron chi connectivity index (χ3n) is 8.13. The minimum Gasteiger partial charge on any atom is 0 e. The van der Waals surface area contributed by atoms with Gasteiger partial charge in [0.15, 0.2) is 0 Å². The number of hydrogen-bond acceptors (Lipinski definition) is 3. The van der Waals surface area contributed by atoms with Crippen molar-refractivity contribution in [1.29, 1.82) is 0 Å². The van der Waals surface area contributed by atoms with Gasteiger partial charge in [0, 0.05) is 33.1 Å². The Labute approximate surface area is 300 Å². The van der Waals surface area contributed by atoms with E-state index in [2.05, 4.69) is 88.8 Å². The van der Waals surface area contributed by atoms with Crippen LogP contribution in [0.2, 0.25) is 17.3 Å². The maximum Gasteiger partial charge on any atom is 0 e. The molecule has 3 aromatic heterocycles. The number of aromatic nitrogens is 2. The summed E-state index contributed by atoms with van der Waals surface area (Å²) in [6.45, 7) is 3.80. The second-order valence-corrected chi connectivity index (χ2v) is 23.4. The summed E-state index contributed by atoms with van der Waals surface area (Å²) in [5.74, 6) is 6.38. The first kappa shape index (κ1) is 29.3. The predicted octanol–water partition coefficient (Wildman–Crippen LogP) is 10.9.